The number of hydrogen-bond acceptors (Lipinski definition) is 0. The smallest absolute Gasteiger partial charge is 0.0547 e. The quantitative estimate of drug-likeness (QED) is 0.0363. The Morgan fingerprint density at radius 3 is 0.865 bits per heavy atom. The van der Waals surface area contributed by atoms with Crippen LogP contribution in [-0.4, -0.2) is 9.13 Å². The molecule has 2 nitrogen and oxygen atoms in total. The molecule has 2 aromatic heterocycles. The summed E-state index contributed by atoms with van der Waals surface area (Å²) in [6.45, 7) is 9.34. The summed E-state index contributed by atoms with van der Waals surface area (Å²) >= 11 is 0. The summed E-state index contributed by atoms with van der Waals surface area (Å²) in [5.41, 5.74) is 27.0. The SMILES string of the molecule is CCCCCCCCC1(CCCCCCCC)c2ccccc2-c2cc3c(cc21)c1cc(-c2ccccc2)ccc1n3-c1ccc(-c2ccc(-n3c4ccc(-c5ccccc5)cc4c4cc5c(cc43)-c3ccccc3C5(CCCCCCCC)CCCCCCCC)cc2)cc1. The molecule has 0 spiro atoms. The van der Waals surface area contributed by atoms with Crippen LogP contribution >= 0.6 is 0 Å². The van der Waals surface area contributed by atoms with Crippen LogP contribution in [0.1, 0.15) is 230 Å². The van der Waals surface area contributed by atoms with Gasteiger partial charge in [0.05, 0.1) is 22.1 Å². The molecule has 0 unspecified atom stereocenters. The fraction of sp³-hybridized carbons (Fsp3) is 0.362. The molecule has 12 aromatic rings. The normalized spacial score (nSPS) is 13.5. The summed E-state index contributed by atoms with van der Waals surface area (Å²) in [6, 6.07) is 85.2. The van der Waals surface area contributed by atoms with Crippen LogP contribution in [-0.2, 0) is 10.8 Å². The topological polar surface area (TPSA) is 9.86 Å². The van der Waals surface area contributed by atoms with Crippen LogP contribution in [0.5, 0.6) is 0 Å². The lowest BCUT2D eigenvalue weighted by Crippen LogP contribution is -2.25. The van der Waals surface area contributed by atoms with Crippen molar-refractivity contribution in [1.29, 1.82) is 0 Å². The third-order valence-electron chi connectivity index (χ3n) is 22.9. The first-order valence-electron chi connectivity index (χ1n) is 38.2. The van der Waals surface area contributed by atoms with Gasteiger partial charge in [-0.3, -0.25) is 0 Å². The molecule has 0 saturated carbocycles. The Kier molecular flexibility index (Phi) is 20.4. The van der Waals surface area contributed by atoms with Crippen molar-refractivity contribution in [2.75, 3.05) is 0 Å². The molecule has 2 aliphatic rings. The first kappa shape index (κ1) is 65.1. The Morgan fingerprint density at radius 1 is 0.219 bits per heavy atom. The molecule has 0 bridgehead atoms. The van der Waals surface area contributed by atoms with Crippen LogP contribution in [0.3, 0.4) is 0 Å². The molecule has 0 saturated heterocycles. The number of rotatable bonds is 33. The van der Waals surface area contributed by atoms with Crippen molar-refractivity contribution >= 4 is 43.6 Å². The van der Waals surface area contributed by atoms with Crippen LogP contribution in [0.15, 0.2) is 218 Å². The highest BCUT2D eigenvalue weighted by molar-refractivity contribution is 6.14. The lowest BCUT2D eigenvalue weighted by atomic mass is 9.70. The third-order valence-corrected chi connectivity index (χ3v) is 22.9. The van der Waals surface area contributed by atoms with E-state index in [1.54, 1.807) is 22.3 Å². The van der Waals surface area contributed by atoms with Gasteiger partial charge >= 0.3 is 0 Å². The molecular formula is C94H104N2. The van der Waals surface area contributed by atoms with Crippen LogP contribution in [0.2, 0.25) is 0 Å². The van der Waals surface area contributed by atoms with Crippen LogP contribution < -0.4 is 0 Å². The van der Waals surface area contributed by atoms with Crippen molar-refractivity contribution < 1.29 is 0 Å². The van der Waals surface area contributed by atoms with Crippen LogP contribution in [0, 0.1) is 0 Å². The number of fused-ring (bicyclic) bond motifs is 12. The Bertz CT molecular complexity index is 4250. The van der Waals surface area contributed by atoms with Gasteiger partial charge in [-0.2, -0.15) is 0 Å². The molecule has 0 aliphatic heterocycles. The maximum atomic E-state index is 2.69. The van der Waals surface area contributed by atoms with Crippen molar-refractivity contribution in [1.82, 2.24) is 9.13 Å². The molecule has 2 heteroatoms. The highest BCUT2D eigenvalue weighted by atomic mass is 15.0. The molecule has 2 heterocycles. The Hall–Kier alpha value is -8.20. The predicted octanol–water partition coefficient (Wildman–Crippen LogP) is 28.4. The van der Waals surface area contributed by atoms with Crippen LogP contribution in [0.25, 0.3) is 111 Å². The summed E-state index contributed by atoms with van der Waals surface area (Å²) in [5, 5.41) is 5.38. The van der Waals surface area contributed by atoms with E-state index in [0.717, 1.165) is 0 Å². The second-order valence-electron chi connectivity index (χ2n) is 29.1. The third kappa shape index (κ3) is 12.8. The lowest BCUT2D eigenvalue weighted by Gasteiger charge is -2.33. The summed E-state index contributed by atoms with van der Waals surface area (Å²) < 4.78 is 5.15. The summed E-state index contributed by atoms with van der Waals surface area (Å²) in [5.74, 6) is 0. The fourth-order valence-electron chi connectivity index (χ4n) is 17.9. The van der Waals surface area contributed by atoms with E-state index in [9.17, 15) is 0 Å². The number of benzene rings is 10. The highest BCUT2D eigenvalue weighted by Gasteiger charge is 2.44. The van der Waals surface area contributed by atoms with Gasteiger partial charge < -0.3 is 9.13 Å². The molecule has 0 amide bonds. The molecule has 14 rings (SSSR count). The molecule has 96 heavy (non-hydrogen) atoms. The van der Waals surface area contributed by atoms with Gasteiger partial charge in [0.25, 0.3) is 0 Å². The molecule has 10 aromatic carbocycles. The van der Waals surface area contributed by atoms with E-state index in [0.29, 0.717) is 0 Å². The zero-order chi connectivity index (χ0) is 65.3. The van der Waals surface area contributed by atoms with Crippen molar-refractivity contribution in [3.63, 3.8) is 0 Å². The van der Waals surface area contributed by atoms with Gasteiger partial charge in [-0.25, -0.2) is 0 Å². The Morgan fingerprint density at radius 2 is 0.510 bits per heavy atom. The van der Waals surface area contributed by atoms with E-state index in [-0.39, 0.29) is 10.8 Å². The van der Waals surface area contributed by atoms with E-state index in [2.05, 4.69) is 255 Å². The van der Waals surface area contributed by atoms with E-state index >= 15 is 0 Å². The van der Waals surface area contributed by atoms with E-state index in [4.69, 9.17) is 0 Å². The molecule has 0 N–H and O–H groups in total. The number of nitrogens with zero attached hydrogens (tertiary/aromatic N) is 2. The number of unbranched alkanes of at least 4 members (excludes halogenated alkanes) is 20. The first-order chi connectivity index (χ1) is 47.5. The fourth-order valence-corrected chi connectivity index (χ4v) is 17.9. The standard InChI is InChI=1S/C94H104N2/c1-5-9-13-17-21-35-59-93(60-36-22-18-14-10-6-2)85-45-33-31-43-77(85)79-67-91-83(65-87(79)93)81-63-73(69-39-27-25-28-40-69)51-57-89(81)95(91)75-53-47-71(48-54-75)72-49-55-76(56-50-72)96-90-58-52-74(70-41-29-26-30-42-70)64-82(90)84-66-88-80(68-92(84)96)78-44-32-34-46-86(78)94(88,61-37-23-19-15-11-7-3)62-38-24-20-16-12-8-4/h25-34,39-58,63-68H,5-24,35-38,59-62H2,1-4H3. The molecular weight excluding hydrogens is 1160 g/mol. The van der Waals surface area contributed by atoms with Crippen molar-refractivity contribution in [3.05, 3.63) is 241 Å². The van der Waals surface area contributed by atoms with Crippen molar-refractivity contribution in [2.24, 2.45) is 0 Å². The predicted molar refractivity (Wildman–Crippen MR) is 416 cm³/mol. The van der Waals surface area contributed by atoms with Gasteiger partial charge in [-0.1, -0.05) is 327 Å². The minimum absolute atomic E-state index is 0.00439. The van der Waals surface area contributed by atoms with Crippen LogP contribution in [0.4, 0.5) is 0 Å². The monoisotopic (exact) mass is 1260 g/mol. The van der Waals surface area contributed by atoms with E-state index in [1.807, 2.05) is 0 Å². The molecule has 0 atom stereocenters. The molecule has 0 fully saturated rings. The van der Waals surface area contributed by atoms with E-state index < -0.39 is 0 Å². The maximum Gasteiger partial charge on any atom is 0.0547 e. The molecule has 2 aliphatic carbocycles. The molecule has 490 valence electrons. The van der Waals surface area contributed by atoms with Gasteiger partial charge in [0.1, 0.15) is 0 Å². The lowest BCUT2D eigenvalue weighted by molar-refractivity contribution is 0.398. The van der Waals surface area contributed by atoms with Crippen molar-refractivity contribution in [3.8, 4) is 67.0 Å². The second kappa shape index (κ2) is 30.1. The first-order valence-corrected chi connectivity index (χ1v) is 38.2. The largest absolute Gasteiger partial charge is 0.309 e. The average Bonchev–Trinajstić information content (AvgIpc) is 1.55. The average molecular weight is 1260 g/mol. The second-order valence-corrected chi connectivity index (χ2v) is 29.1. The summed E-state index contributed by atoms with van der Waals surface area (Å²) in [7, 11) is 0. The minimum Gasteiger partial charge on any atom is -0.309 e. The maximum absolute atomic E-state index is 2.69. The van der Waals surface area contributed by atoms with Gasteiger partial charge in [0.15, 0.2) is 0 Å². The van der Waals surface area contributed by atoms with Gasteiger partial charge in [-0.05, 0) is 176 Å². The molecule has 0 radical (unpaired) electrons. The van der Waals surface area contributed by atoms with Crippen molar-refractivity contribution in [2.45, 2.75) is 218 Å². The van der Waals surface area contributed by atoms with Gasteiger partial charge in [0.2, 0.25) is 0 Å². The van der Waals surface area contributed by atoms with Gasteiger partial charge in [0, 0.05) is 43.7 Å². The van der Waals surface area contributed by atoms with Gasteiger partial charge in [-0.15, -0.1) is 0 Å². The summed E-state index contributed by atoms with van der Waals surface area (Å²) in [4.78, 5) is 0. The Balaban J connectivity index is 0.845. The van der Waals surface area contributed by atoms with E-state index in [1.165, 1.54) is 290 Å². The highest BCUT2D eigenvalue weighted by Crippen LogP contribution is 2.58. The zero-order valence-corrected chi connectivity index (χ0v) is 58.5. The minimum atomic E-state index is 0.00439. The number of hydrogen-bond donors (Lipinski definition) is 0. The zero-order valence-electron chi connectivity index (χ0n) is 58.5. The summed E-state index contributed by atoms with van der Waals surface area (Å²) in [6.07, 6.45) is 36.5. The Labute approximate surface area is 575 Å². The number of aromatic nitrogens is 2.